The lowest BCUT2D eigenvalue weighted by atomic mass is 9.89. The van der Waals surface area contributed by atoms with Crippen molar-refractivity contribution in [1.82, 2.24) is 4.57 Å². The molecule has 3 nitrogen and oxygen atoms in total. The van der Waals surface area contributed by atoms with Gasteiger partial charge >= 0.3 is 0 Å². The second kappa shape index (κ2) is 7.67. The van der Waals surface area contributed by atoms with E-state index in [9.17, 15) is 4.79 Å². The van der Waals surface area contributed by atoms with Gasteiger partial charge in [-0.15, -0.1) is 0 Å². The number of hydrogen-bond acceptors (Lipinski definition) is 2. The molecule has 21 heavy (non-hydrogen) atoms. The summed E-state index contributed by atoms with van der Waals surface area (Å²) in [5.74, 6) is 1.68. The number of nitrogens with one attached hydrogen (secondary N) is 1. The minimum absolute atomic E-state index is 0.100. The third-order valence-corrected chi connectivity index (χ3v) is 4.77. The quantitative estimate of drug-likeness (QED) is 0.821. The molecule has 1 aromatic heterocycles. The van der Waals surface area contributed by atoms with Gasteiger partial charge in [0.25, 0.3) is 5.56 Å². The Labute approximate surface area is 128 Å². The van der Waals surface area contributed by atoms with Crippen LogP contribution in [-0.4, -0.2) is 10.6 Å². The lowest BCUT2D eigenvalue weighted by Gasteiger charge is -2.20. The van der Waals surface area contributed by atoms with E-state index < -0.39 is 0 Å². The summed E-state index contributed by atoms with van der Waals surface area (Å²) in [6, 6.07) is 4.17. The van der Waals surface area contributed by atoms with Crippen molar-refractivity contribution in [2.45, 2.75) is 71.9 Å². The number of pyridine rings is 1. The number of rotatable bonds is 5. The smallest absolute Gasteiger partial charge is 0.250 e. The van der Waals surface area contributed by atoms with E-state index in [0.29, 0.717) is 6.04 Å². The molecule has 0 radical (unpaired) electrons. The lowest BCUT2D eigenvalue weighted by Crippen LogP contribution is -2.22. The highest BCUT2D eigenvalue weighted by Gasteiger charge is 2.20. The van der Waals surface area contributed by atoms with Crippen LogP contribution in [0.5, 0.6) is 0 Å². The van der Waals surface area contributed by atoms with E-state index in [2.05, 4.69) is 26.1 Å². The maximum absolute atomic E-state index is 11.8. The Bertz CT molecular complexity index is 492. The standard InChI is InChI=1S/C18H30N2O/c1-4-12-20-13-17(10-11-18(20)21)19-16-7-5-6-15(8-9-16)14(2)3/h10-11,13-16,19H,4-9,12H2,1-3H3. The van der Waals surface area contributed by atoms with Gasteiger partial charge in [-0.3, -0.25) is 4.79 Å². The number of aromatic nitrogens is 1. The molecule has 0 spiro atoms. The Morgan fingerprint density at radius 3 is 2.76 bits per heavy atom. The van der Waals surface area contributed by atoms with Crippen LogP contribution in [0, 0.1) is 11.8 Å². The molecule has 1 heterocycles. The highest BCUT2D eigenvalue weighted by molar-refractivity contribution is 5.41. The van der Waals surface area contributed by atoms with E-state index in [0.717, 1.165) is 30.5 Å². The van der Waals surface area contributed by atoms with Gasteiger partial charge in [0.15, 0.2) is 0 Å². The normalized spacial score (nSPS) is 23.0. The predicted octanol–water partition coefficient (Wildman–Crippen LogP) is 4.28. The van der Waals surface area contributed by atoms with E-state index >= 15 is 0 Å². The van der Waals surface area contributed by atoms with Crippen molar-refractivity contribution in [1.29, 1.82) is 0 Å². The van der Waals surface area contributed by atoms with Gasteiger partial charge in [-0.1, -0.05) is 33.6 Å². The molecule has 2 unspecified atom stereocenters. The first kappa shape index (κ1) is 16.1. The Morgan fingerprint density at radius 1 is 1.24 bits per heavy atom. The fraction of sp³-hybridized carbons (Fsp3) is 0.722. The summed E-state index contributed by atoms with van der Waals surface area (Å²) in [5, 5.41) is 3.65. The second-order valence-electron chi connectivity index (χ2n) is 6.80. The zero-order valence-corrected chi connectivity index (χ0v) is 13.8. The van der Waals surface area contributed by atoms with E-state index in [-0.39, 0.29) is 5.56 Å². The first-order valence-electron chi connectivity index (χ1n) is 8.57. The molecule has 0 aromatic carbocycles. The van der Waals surface area contributed by atoms with Crippen molar-refractivity contribution in [3.05, 3.63) is 28.7 Å². The molecule has 1 aliphatic carbocycles. The number of hydrogen-bond donors (Lipinski definition) is 1. The Morgan fingerprint density at radius 2 is 2.05 bits per heavy atom. The Balaban J connectivity index is 1.98. The van der Waals surface area contributed by atoms with Crippen LogP contribution in [0.1, 0.15) is 59.3 Å². The third kappa shape index (κ3) is 4.62. The molecular formula is C18H30N2O. The lowest BCUT2D eigenvalue weighted by molar-refractivity contribution is 0.341. The zero-order chi connectivity index (χ0) is 15.2. The van der Waals surface area contributed by atoms with Crippen LogP contribution in [0.4, 0.5) is 5.69 Å². The molecule has 0 saturated heterocycles. The van der Waals surface area contributed by atoms with Crippen LogP contribution in [-0.2, 0) is 6.54 Å². The fourth-order valence-electron chi connectivity index (χ4n) is 3.41. The molecule has 1 aromatic rings. The van der Waals surface area contributed by atoms with Gasteiger partial charge in [-0.25, -0.2) is 0 Å². The van der Waals surface area contributed by atoms with Gasteiger partial charge in [-0.2, -0.15) is 0 Å². The largest absolute Gasteiger partial charge is 0.381 e. The fourth-order valence-corrected chi connectivity index (χ4v) is 3.41. The molecule has 0 aliphatic heterocycles. The van der Waals surface area contributed by atoms with Gasteiger partial charge in [0.05, 0.1) is 5.69 Å². The summed E-state index contributed by atoms with van der Waals surface area (Å²) in [6.45, 7) is 7.59. The van der Waals surface area contributed by atoms with Gasteiger partial charge in [-0.05, 0) is 43.6 Å². The minimum Gasteiger partial charge on any atom is -0.381 e. The second-order valence-corrected chi connectivity index (χ2v) is 6.80. The van der Waals surface area contributed by atoms with Crippen LogP contribution in [0.2, 0.25) is 0 Å². The number of aryl methyl sites for hydroxylation is 1. The maximum Gasteiger partial charge on any atom is 0.250 e. The van der Waals surface area contributed by atoms with Crippen molar-refractivity contribution in [2.75, 3.05) is 5.32 Å². The monoisotopic (exact) mass is 290 g/mol. The predicted molar refractivity (Wildman–Crippen MR) is 89.8 cm³/mol. The molecule has 0 bridgehead atoms. The van der Waals surface area contributed by atoms with E-state index in [1.165, 1.54) is 32.1 Å². The number of anilines is 1. The van der Waals surface area contributed by atoms with Gasteiger partial charge in [0.2, 0.25) is 0 Å². The van der Waals surface area contributed by atoms with Crippen molar-refractivity contribution < 1.29 is 0 Å². The van der Waals surface area contributed by atoms with Gasteiger partial charge in [0, 0.05) is 24.8 Å². The Hall–Kier alpha value is -1.25. The first-order chi connectivity index (χ1) is 10.1. The SMILES string of the molecule is CCCn1cc(NC2CCCC(C(C)C)CC2)ccc1=O. The van der Waals surface area contributed by atoms with Gasteiger partial charge < -0.3 is 9.88 Å². The summed E-state index contributed by atoms with van der Waals surface area (Å²) in [5.41, 5.74) is 1.19. The molecular weight excluding hydrogens is 260 g/mol. The summed E-state index contributed by atoms with van der Waals surface area (Å²) >= 11 is 0. The molecule has 2 rings (SSSR count). The van der Waals surface area contributed by atoms with Crippen LogP contribution in [0.15, 0.2) is 23.1 Å². The van der Waals surface area contributed by atoms with Crippen LogP contribution >= 0.6 is 0 Å². The average Bonchev–Trinajstić information content (AvgIpc) is 2.68. The summed E-state index contributed by atoms with van der Waals surface area (Å²) in [7, 11) is 0. The highest BCUT2D eigenvalue weighted by atomic mass is 16.1. The van der Waals surface area contributed by atoms with E-state index in [1.807, 2.05) is 16.8 Å². The molecule has 1 N–H and O–H groups in total. The summed E-state index contributed by atoms with van der Waals surface area (Å²) in [6.07, 6.45) is 9.47. The van der Waals surface area contributed by atoms with Crippen molar-refractivity contribution >= 4 is 5.69 Å². The molecule has 1 fully saturated rings. The van der Waals surface area contributed by atoms with E-state index in [4.69, 9.17) is 0 Å². The van der Waals surface area contributed by atoms with Crippen LogP contribution in [0.25, 0.3) is 0 Å². The molecule has 2 atom stereocenters. The van der Waals surface area contributed by atoms with Crippen molar-refractivity contribution in [2.24, 2.45) is 11.8 Å². The highest BCUT2D eigenvalue weighted by Crippen LogP contribution is 2.29. The van der Waals surface area contributed by atoms with Crippen LogP contribution < -0.4 is 10.9 Å². The minimum atomic E-state index is 0.100. The van der Waals surface area contributed by atoms with Crippen LogP contribution in [0.3, 0.4) is 0 Å². The zero-order valence-electron chi connectivity index (χ0n) is 13.8. The topological polar surface area (TPSA) is 34.0 Å². The van der Waals surface area contributed by atoms with Crippen molar-refractivity contribution in [3.63, 3.8) is 0 Å². The average molecular weight is 290 g/mol. The Kier molecular flexibility index (Phi) is 5.89. The molecule has 118 valence electrons. The van der Waals surface area contributed by atoms with Crippen molar-refractivity contribution in [3.8, 4) is 0 Å². The molecule has 1 saturated carbocycles. The number of nitrogens with zero attached hydrogens (tertiary/aromatic N) is 1. The first-order valence-corrected chi connectivity index (χ1v) is 8.57. The molecule has 3 heteroatoms. The molecule has 0 amide bonds. The van der Waals surface area contributed by atoms with Gasteiger partial charge in [0.1, 0.15) is 0 Å². The third-order valence-electron chi connectivity index (χ3n) is 4.77. The summed E-state index contributed by atoms with van der Waals surface area (Å²) < 4.78 is 1.82. The summed E-state index contributed by atoms with van der Waals surface area (Å²) in [4.78, 5) is 11.8. The maximum atomic E-state index is 11.8. The van der Waals surface area contributed by atoms with E-state index in [1.54, 1.807) is 6.07 Å². The molecule has 1 aliphatic rings.